The maximum Gasteiger partial charge on any atom is 0.248 e. The molecule has 0 aliphatic rings. The third kappa shape index (κ3) is 4.07. The summed E-state index contributed by atoms with van der Waals surface area (Å²) in [5.41, 5.74) is 6.98. The molecule has 108 valence electrons. The zero-order valence-corrected chi connectivity index (χ0v) is 11.6. The van der Waals surface area contributed by atoms with Gasteiger partial charge in [-0.05, 0) is 35.9 Å². The molecule has 0 heterocycles. The average molecular weight is 284 g/mol. The van der Waals surface area contributed by atoms with E-state index in [0.29, 0.717) is 11.3 Å². The third-order valence-corrected chi connectivity index (χ3v) is 2.95. The van der Waals surface area contributed by atoms with Crippen molar-refractivity contribution in [2.75, 3.05) is 12.4 Å². The zero-order valence-electron chi connectivity index (χ0n) is 11.6. The number of anilines is 1. The van der Waals surface area contributed by atoms with Gasteiger partial charge in [-0.1, -0.05) is 18.2 Å². The molecule has 21 heavy (non-hydrogen) atoms. The molecule has 2 aromatic rings. The van der Waals surface area contributed by atoms with Gasteiger partial charge in [-0.2, -0.15) is 0 Å². The van der Waals surface area contributed by atoms with Crippen molar-refractivity contribution in [2.45, 2.75) is 6.42 Å². The lowest BCUT2D eigenvalue weighted by Gasteiger charge is -2.07. The summed E-state index contributed by atoms with van der Waals surface area (Å²) in [4.78, 5) is 23.0. The first-order valence-electron chi connectivity index (χ1n) is 6.41. The van der Waals surface area contributed by atoms with Crippen molar-refractivity contribution in [1.29, 1.82) is 0 Å². The fourth-order valence-electron chi connectivity index (χ4n) is 1.88. The number of rotatable bonds is 5. The maximum atomic E-state index is 12.0. The average Bonchev–Trinajstić information content (AvgIpc) is 2.48. The summed E-state index contributed by atoms with van der Waals surface area (Å²) in [6.45, 7) is 0. The van der Waals surface area contributed by atoms with E-state index in [0.717, 1.165) is 11.3 Å². The van der Waals surface area contributed by atoms with Crippen molar-refractivity contribution in [3.05, 3.63) is 59.7 Å². The molecule has 0 atom stereocenters. The molecular weight excluding hydrogens is 268 g/mol. The topological polar surface area (TPSA) is 81.4 Å². The van der Waals surface area contributed by atoms with Crippen LogP contribution in [0.1, 0.15) is 15.9 Å². The number of hydrogen-bond donors (Lipinski definition) is 2. The second-order valence-electron chi connectivity index (χ2n) is 4.52. The van der Waals surface area contributed by atoms with Gasteiger partial charge in [-0.3, -0.25) is 9.59 Å². The summed E-state index contributed by atoms with van der Waals surface area (Å²) in [6, 6.07) is 13.8. The van der Waals surface area contributed by atoms with E-state index in [1.165, 1.54) is 0 Å². The summed E-state index contributed by atoms with van der Waals surface area (Å²) in [6.07, 6.45) is 0.241. The Labute approximate surface area is 122 Å². The van der Waals surface area contributed by atoms with E-state index in [4.69, 9.17) is 10.5 Å². The molecule has 2 amide bonds. The van der Waals surface area contributed by atoms with E-state index in [2.05, 4.69) is 5.32 Å². The lowest BCUT2D eigenvalue weighted by atomic mass is 10.1. The van der Waals surface area contributed by atoms with Crippen LogP contribution in [0.3, 0.4) is 0 Å². The number of amides is 2. The van der Waals surface area contributed by atoms with Crippen LogP contribution in [0.25, 0.3) is 0 Å². The van der Waals surface area contributed by atoms with E-state index in [1.807, 2.05) is 12.1 Å². The molecule has 2 aromatic carbocycles. The smallest absolute Gasteiger partial charge is 0.248 e. The van der Waals surface area contributed by atoms with Crippen LogP contribution in [0.5, 0.6) is 5.75 Å². The van der Waals surface area contributed by atoms with Crippen LogP contribution < -0.4 is 15.8 Å². The number of ether oxygens (including phenoxy) is 1. The van der Waals surface area contributed by atoms with Crippen LogP contribution >= 0.6 is 0 Å². The Morgan fingerprint density at radius 2 is 1.86 bits per heavy atom. The van der Waals surface area contributed by atoms with E-state index in [-0.39, 0.29) is 12.3 Å². The van der Waals surface area contributed by atoms with E-state index in [1.54, 1.807) is 43.5 Å². The number of carbonyl (C=O) groups is 2. The lowest BCUT2D eigenvalue weighted by molar-refractivity contribution is -0.115. The maximum absolute atomic E-state index is 12.0. The molecule has 0 aromatic heterocycles. The lowest BCUT2D eigenvalue weighted by Crippen LogP contribution is -2.16. The molecule has 3 N–H and O–H groups in total. The first-order chi connectivity index (χ1) is 10.1. The van der Waals surface area contributed by atoms with Gasteiger partial charge in [0.15, 0.2) is 0 Å². The number of hydrogen-bond acceptors (Lipinski definition) is 3. The Hall–Kier alpha value is -2.82. The van der Waals surface area contributed by atoms with Gasteiger partial charge in [0.2, 0.25) is 11.8 Å². The van der Waals surface area contributed by atoms with Crippen LogP contribution in [-0.4, -0.2) is 18.9 Å². The monoisotopic (exact) mass is 284 g/mol. The second kappa shape index (κ2) is 6.56. The minimum absolute atomic E-state index is 0.165. The summed E-state index contributed by atoms with van der Waals surface area (Å²) in [5.74, 6) is 0.0522. The van der Waals surface area contributed by atoms with Gasteiger partial charge in [0.1, 0.15) is 5.75 Å². The summed E-state index contributed by atoms with van der Waals surface area (Å²) in [5, 5.41) is 2.74. The van der Waals surface area contributed by atoms with Crippen molar-refractivity contribution >= 4 is 17.5 Å². The van der Waals surface area contributed by atoms with Gasteiger partial charge in [0.25, 0.3) is 0 Å². The highest BCUT2D eigenvalue weighted by Gasteiger charge is 2.06. The van der Waals surface area contributed by atoms with Crippen molar-refractivity contribution in [2.24, 2.45) is 5.73 Å². The summed E-state index contributed by atoms with van der Waals surface area (Å²) < 4.78 is 5.06. The highest BCUT2D eigenvalue weighted by molar-refractivity contribution is 5.96. The largest absolute Gasteiger partial charge is 0.497 e. The molecule has 5 heteroatoms. The molecule has 0 radical (unpaired) electrons. The fourth-order valence-corrected chi connectivity index (χ4v) is 1.88. The van der Waals surface area contributed by atoms with Gasteiger partial charge in [-0.25, -0.2) is 0 Å². The minimum atomic E-state index is -0.527. The Bertz CT molecular complexity index is 651. The van der Waals surface area contributed by atoms with Crippen molar-refractivity contribution in [3.8, 4) is 5.75 Å². The summed E-state index contributed by atoms with van der Waals surface area (Å²) in [7, 11) is 1.59. The molecule has 0 spiro atoms. The molecule has 0 unspecified atom stereocenters. The van der Waals surface area contributed by atoms with Crippen molar-refractivity contribution in [1.82, 2.24) is 0 Å². The predicted molar refractivity (Wildman–Crippen MR) is 80.3 cm³/mol. The van der Waals surface area contributed by atoms with Gasteiger partial charge in [-0.15, -0.1) is 0 Å². The normalized spacial score (nSPS) is 9.95. The fraction of sp³-hybridized carbons (Fsp3) is 0.125. The number of methoxy groups -OCH3 is 1. The van der Waals surface area contributed by atoms with Crippen LogP contribution in [0.2, 0.25) is 0 Å². The third-order valence-electron chi connectivity index (χ3n) is 2.95. The molecule has 0 saturated carbocycles. The van der Waals surface area contributed by atoms with Crippen LogP contribution in [0.15, 0.2) is 48.5 Å². The van der Waals surface area contributed by atoms with Gasteiger partial charge >= 0.3 is 0 Å². The molecule has 0 fully saturated rings. The zero-order chi connectivity index (χ0) is 15.2. The number of nitrogens with one attached hydrogen (secondary N) is 1. The number of carbonyl (C=O) groups excluding carboxylic acids is 2. The standard InChI is InChI=1S/C16H16N2O3/c1-21-14-7-5-11(6-8-14)9-15(19)18-13-4-2-3-12(10-13)16(17)20/h2-8,10H,9H2,1H3,(H2,17,20)(H,18,19). The Balaban J connectivity index is 2.00. The number of nitrogens with two attached hydrogens (primary N) is 1. The number of primary amides is 1. The molecule has 5 nitrogen and oxygen atoms in total. The first kappa shape index (κ1) is 14.6. The quantitative estimate of drug-likeness (QED) is 0.880. The Morgan fingerprint density at radius 1 is 1.14 bits per heavy atom. The molecule has 2 rings (SSSR count). The molecule has 0 bridgehead atoms. The van der Waals surface area contributed by atoms with Crippen LogP contribution in [0.4, 0.5) is 5.69 Å². The molecule has 0 saturated heterocycles. The molecule has 0 aliphatic carbocycles. The highest BCUT2D eigenvalue weighted by atomic mass is 16.5. The van der Waals surface area contributed by atoms with Gasteiger partial charge in [0, 0.05) is 11.3 Å². The van der Waals surface area contributed by atoms with Crippen LogP contribution in [0, 0.1) is 0 Å². The SMILES string of the molecule is COc1ccc(CC(=O)Nc2cccc(C(N)=O)c2)cc1. The van der Waals surface area contributed by atoms with Crippen molar-refractivity contribution in [3.63, 3.8) is 0 Å². The first-order valence-corrected chi connectivity index (χ1v) is 6.41. The Morgan fingerprint density at radius 3 is 2.48 bits per heavy atom. The predicted octanol–water partition coefficient (Wildman–Crippen LogP) is 1.98. The summed E-state index contributed by atoms with van der Waals surface area (Å²) >= 11 is 0. The number of benzene rings is 2. The van der Waals surface area contributed by atoms with Crippen molar-refractivity contribution < 1.29 is 14.3 Å². The molecule has 0 aliphatic heterocycles. The van der Waals surface area contributed by atoms with E-state index < -0.39 is 5.91 Å². The van der Waals surface area contributed by atoms with Gasteiger partial charge in [0.05, 0.1) is 13.5 Å². The second-order valence-corrected chi connectivity index (χ2v) is 4.52. The van der Waals surface area contributed by atoms with Gasteiger partial charge < -0.3 is 15.8 Å². The van der Waals surface area contributed by atoms with Crippen LogP contribution in [-0.2, 0) is 11.2 Å². The van der Waals surface area contributed by atoms with E-state index in [9.17, 15) is 9.59 Å². The minimum Gasteiger partial charge on any atom is -0.497 e. The highest BCUT2D eigenvalue weighted by Crippen LogP contribution is 2.14. The Kier molecular flexibility index (Phi) is 4.56. The molecular formula is C16H16N2O3. The van der Waals surface area contributed by atoms with E-state index >= 15 is 0 Å².